The van der Waals surface area contributed by atoms with Gasteiger partial charge in [0.05, 0.1) is 0 Å². The van der Waals surface area contributed by atoms with E-state index in [2.05, 4.69) is 57.2 Å². The van der Waals surface area contributed by atoms with E-state index in [1.54, 1.807) is 0 Å². The van der Waals surface area contributed by atoms with Crippen LogP contribution in [0.5, 0.6) is 0 Å². The number of hydrogen-bond acceptors (Lipinski definition) is 6. The van der Waals surface area contributed by atoms with Crippen LogP contribution in [0.25, 0.3) is 0 Å². The normalized spacial score (nSPS) is 12.2. The van der Waals surface area contributed by atoms with Crippen molar-refractivity contribution < 1.29 is 28.6 Å². The van der Waals surface area contributed by atoms with Crippen LogP contribution in [0.1, 0.15) is 374 Å². The Morgan fingerprint density at radius 1 is 0.263 bits per heavy atom. The highest BCUT2D eigenvalue weighted by Crippen LogP contribution is 2.18. The van der Waals surface area contributed by atoms with Gasteiger partial charge in [-0.25, -0.2) is 0 Å². The van der Waals surface area contributed by atoms with Crippen molar-refractivity contribution in [2.45, 2.75) is 380 Å². The first kappa shape index (κ1) is 73.6. The maximum absolute atomic E-state index is 12.9. The minimum Gasteiger partial charge on any atom is -0.462 e. The van der Waals surface area contributed by atoms with E-state index < -0.39 is 6.10 Å². The number of esters is 3. The number of rotatable bonds is 63. The third kappa shape index (κ3) is 62.5. The summed E-state index contributed by atoms with van der Waals surface area (Å²) in [6.07, 6.45) is 80.1. The molecule has 76 heavy (non-hydrogen) atoms. The standard InChI is InChI=1S/C70H130O6/c1-4-7-10-13-16-19-22-25-28-31-34-35-37-39-42-45-48-51-54-57-60-63-69(72)75-66-67(65-74-68(71)62-59-56-53-50-47-44-41-38-33-30-27-24-21-18-15-12-9-6-3)76-70(73)64-61-58-55-52-49-46-43-40-36-32-29-26-23-20-17-14-11-8-5-2/h17,20,26,29,31,34,67H,4-16,18-19,21-25,27-28,30,32-33,35-66H2,1-3H3/b20-17-,29-26-,34-31-. The summed E-state index contributed by atoms with van der Waals surface area (Å²) in [5.74, 6) is -0.848. The van der Waals surface area contributed by atoms with Gasteiger partial charge in [0.2, 0.25) is 0 Å². The molecule has 0 aliphatic heterocycles. The predicted octanol–water partition coefficient (Wildman–Crippen LogP) is 23.2. The van der Waals surface area contributed by atoms with Gasteiger partial charge in [-0.05, 0) is 77.0 Å². The maximum Gasteiger partial charge on any atom is 0.306 e. The van der Waals surface area contributed by atoms with Crippen molar-refractivity contribution in [2.24, 2.45) is 0 Å². The third-order valence-corrected chi connectivity index (χ3v) is 15.4. The summed E-state index contributed by atoms with van der Waals surface area (Å²) in [7, 11) is 0. The quantitative estimate of drug-likeness (QED) is 0.0261. The summed E-state index contributed by atoms with van der Waals surface area (Å²) < 4.78 is 17.0. The van der Waals surface area contributed by atoms with Crippen LogP contribution in [0.3, 0.4) is 0 Å². The second-order valence-corrected chi connectivity index (χ2v) is 23.1. The van der Waals surface area contributed by atoms with Gasteiger partial charge in [-0.2, -0.15) is 0 Å². The summed E-state index contributed by atoms with van der Waals surface area (Å²) >= 11 is 0. The number of hydrogen-bond donors (Lipinski definition) is 0. The number of ether oxygens (including phenoxy) is 3. The van der Waals surface area contributed by atoms with Crippen molar-refractivity contribution in [3.8, 4) is 0 Å². The molecule has 0 heterocycles. The van der Waals surface area contributed by atoms with Crippen molar-refractivity contribution >= 4 is 17.9 Å². The van der Waals surface area contributed by atoms with Crippen LogP contribution in [0.4, 0.5) is 0 Å². The van der Waals surface area contributed by atoms with E-state index in [0.717, 1.165) is 64.2 Å². The Balaban J connectivity index is 4.33. The van der Waals surface area contributed by atoms with Crippen molar-refractivity contribution in [2.75, 3.05) is 13.2 Å². The summed E-state index contributed by atoms with van der Waals surface area (Å²) in [4.78, 5) is 38.4. The third-order valence-electron chi connectivity index (χ3n) is 15.4. The van der Waals surface area contributed by atoms with Crippen LogP contribution >= 0.6 is 0 Å². The molecule has 0 fully saturated rings. The van der Waals surface area contributed by atoms with Crippen molar-refractivity contribution in [3.05, 3.63) is 36.5 Å². The summed E-state index contributed by atoms with van der Waals surface area (Å²) in [6, 6.07) is 0. The molecule has 0 N–H and O–H groups in total. The van der Waals surface area contributed by atoms with Crippen molar-refractivity contribution in [1.29, 1.82) is 0 Å². The van der Waals surface area contributed by atoms with Crippen LogP contribution in [0.2, 0.25) is 0 Å². The molecule has 0 aliphatic rings. The Hall–Kier alpha value is -2.37. The zero-order valence-electron chi connectivity index (χ0n) is 51.3. The number of carbonyl (C=O) groups is 3. The number of allylic oxidation sites excluding steroid dienone is 6. The van der Waals surface area contributed by atoms with E-state index in [0.29, 0.717) is 19.3 Å². The first-order valence-electron chi connectivity index (χ1n) is 34.0. The smallest absolute Gasteiger partial charge is 0.306 e. The zero-order valence-corrected chi connectivity index (χ0v) is 51.3. The molecule has 0 aliphatic carbocycles. The fourth-order valence-corrected chi connectivity index (χ4v) is 10.2. The van der Waals surface area contributed by atoms with Gasteiger partial charge in [0, 0.05) is 19.3 Å². The van der Waals surface area contributed by atoms with E-state index in [4.69, 9.17) is 14.2 Å². The minimum atomic E-state index is -0.774. The lowest BCUT2D eigenvalue weighted by Crippen LogP contribution is -2.30. The van der Waals surface area contributed by atoms with Gasteiger partial charge in [0.15, 0.2) is 6.10 Å². The highest BCUT2D eigenvalue weighted by atomic mass is 16.6. The molecule has 0 aromatic heterocycles. The molecule has 0 amide bonds. The Morgan fingerprint density at radius 3 is 0.763 bits per heavy atom. The average molecular weight is 1070 g/mol. The maximum atomic E-state index is 12.9. The molecule has 0 saturated carbocycles. The van der Waals surface area contributed by atoms with Crippen LogP contribution in [-0.4, -0.2) is 37.2 Å². The lowest BCUT2D eigenvalue weighted by Gasteiger charge is -2.18. The molecule has 446 valence electrons. The lowest BCUT2D eigenvalue weighted by molar-refractivity contribution is -0.167. The molecule has 0 saturated heterocycles. The van der Waals surface area contributed by atoms with E-state index in [1.807, 2.05) is 0 Å². The fourth-order valence-electron chi connectivity index (χ4n) is 10.2. The highest BCUT2D eigenvalue weighted by molar-refractivity contribution is 5.71. The number of carbonyl (C=O) groups excluding carboxylic acids is 3. The molecule has 0 spiro atoms. The fraction of sp³-hybridized carbons (Fsp3) is 0.871. The lowest BCUT2D eigenvalue weighted by atomic mass is 10.0. The van der Waals surface area contributed by atoms with Crippen LogP contribution in [0, 0.1) is 0 Å². The molecule has 6 heteroatoms. The highest BCUT2D eigenvalue weighted by Gasteiger charge is 2.19. The summed E-state index contributed by atoms with van der Waals surface area (Å²) in [5, 5.41) is 0. The minimum absolute atomic E-state index is 0.0697. The van der Waals surface area contributed by atoms with Gasteiger partial charge in [-0.1, -0.05) is 314 Å². The second-order valence-electron chi connectivity index (χ2n) is 23.1. The van der Waals surface area contributed by atoms with Gasteiger partial charge < -0.3 is 14.2 Å². The van der Waals surface area contributed by atoms with Crippen molar-refractivity contribution in [3.63, 3.8) is 0 Å². The average Bonchev–Trinajstić information content (AvgIpc) is 3.42. The summed E-state index contributed by atoms with van der Waals surface area (Å²) in [5.41, 5.74) is 0. The molecule has 0 aromatic rings. The van der Waals surface area contributed by atoms with Gasteiger partial charge in [-0.15, -0.1) is 0 Å². The monoisotopic (exact) mass is 1070 g/mol. The van der Waals surface area contributed by atoms with Gasteiger partial charge in [0.1, 0.15) is 13.2 Å². The topological polar surface area (TPSA) is 78.9 Å². The predicted molar refractivity (Wildman–Crippen MR) is 330 cm³/mol. The molecule has 1 atom stereocenters. The van der Waals surface area contributed by atoms with Crippen LogP contribution in [0.15, 0.2) is 36.5 Å². The Bertz CT molecular complexity index is 1270. The summed E-state index contributed by atoms with van der Waals surface area (Å²) in [6.45, 7) is 6.68. The van der Waals surface area contributed by atoms with Crippen molar-refractivity contribution in [1.82, 2.24) is 0 Å². The second kappa shape index (κ2) is 65.2. The van der Waals surface area contributed by atoms with E-state index in [-0.39, 0.29) is 31.1 Å². The van der Waals surface area contributed by atoms with Crippen LogP contribution < -0.4 is 0 Å². The molecule has 1 unspecified atom stereocenters. The van der Waals surface area contributed by atoms with E-state index in [1.165, 1.54) is 270 Å². The van der Waals surface area contributed by atoms with Gasteiger partial charge in [-0.3, -0.25) is 14.4 Å². The largest absolute Gasteiger partial charge is 0.462 e. The molecule has 0 rings (SSSR count). The first-order valence-corrected chi connectivity index (χ1v) is 34.0. The Kier molecular flexibility index (Phi) is 63.1. The molecular formula is C70H130O6. The molecule has 0 aromatic carbocycles. The van der Waals surface area contributed by atoms with Gasteiger partial charge >= 0.3 is 17.9 Å². The molecule has 0 radical (unpaired) electrons. The number of unbranched alkanes of at least 4 members (excludes halogenated alkanes) is 46. The Morgan fingerprint density at radius 2 is 0.474 bits per heavy atom. The van der Waals surface area contributed by atoms with E-state index >= 15 is 0 Å². The van der Waals surface area contributed by atoms with Crippen LogP contribution in [-0.2, 0) is 28.6 Å². The zero-order chi connectivity index (χ0) is 55.0. The first-order chi connectivity index (χ1) is 37.5. The molecule has 0 bridgehead atoms. The molecule has 6 nitrogen and oxygen atoms in total. The van der Waals surface area contributed by atoms with Gasteiger partial charge in [0.25, 0.3) is 0 Å². The SMILES string of the molecule is CCCCC/C=C\C/C=C\CCCCCCCCCCCC(=O)OC(COC(=O)CCCCCCCCCCC/C=C\CCCCCCCCCC)COC(=O)CCCCCCCCCCCCCCCCCCCC. The molecular weight excluding hydrogens is 937 g/mol. The van der Waals surface area contributed by atoms with E-state index in [9.17, 15) is 14.4 Å². The Labute approximate surface area is 474 Å².